The lowest BCUT2D eigenvalue weighted by Gasteiger charge is -2.42. The Labute approximate surface area is 249 Å². The van der Waals surface area contributed by atoms with Crippen LogP contribution in [-0.2, 0) is 20.2 Å². The molecule has 2 aliphatic rings. The van der Waals surface area contributed by atoms with Crippen LogP contribution in [0.3, 0.4) is 0 Å². The van der Waals surface area contributed by atoms with Crippen molar-refractivity contribution in [1.82, 2.24) is 5.32 Å². The van der Waals surface area contributed by atoms with E-state index >= 15 is 0 Å². The number of nitrogens with one attached hydrogen (secondary N) is 1. The number of para-hydroxylation sites is 1. The maximum atomic E-state index is 14.1. The third-order valence-electron chi connectivity index (χ3n) is 8.44. The van der Waals surface area contributed by atoms with Crippen LogP contribution in [0.4, 0.5) is 5.69 Å². The van der Waals surface area contributed by atoms with Crippen LogP contribution in [-0.4, -0.2) is 39.7 Å². The zero-order valence-electron chi connectivity index (χ0n) is 25.1. The van der Waals surface area contributed by atoms with Crippen LogP contribution >= 0.6 is 0 Å². The Morgan fingerprint density at radius 1 is 1.02 bits per heavy atom. The van der Waals surface area contributed by atoms with Gasteiger partial charge in [0.2, 0.25) is 0 Å². The predicted octanol–water partition coefficient (Wildman–Crippen LogP) is 6.15. The fourth-order valence-corrected chi connectivity index (χ4v) is 7.12. The topological polar surface area (TPSA) is 94.2 Å². The number of fused-ring (bicyclic) bond motifs is 2. The molecule has 9 heteroatoms. The second-order valence-electron chi connectivity index (χ2n) is 12.0. The lowest BCUT2D eigenvalue weighted by molar-refractivity contribution is -0.129. The molecule has 1 amide bonds. The van der Waals surface area contributed by atoms with Gasteiger partial charge in [-0.1, -0.05) is 58.9 Å². The first-order chi connectivity index (χ1) is 19.9. The molecular formula is C33H40N2O6S. The molecule has 0 aliphatic carbocycles. The van der Waals surface area contributed by atoms with E-state index in [9.17, 15) is 13.2 Å². The second-order valence-corrected chi connectivity index (χ2v) is 13.9. The minimum atomic E-state index is -4.04. The number of nitrogens with zero attached hydrogens (tertiary/aromatic N) is 1. The highest BCUT2D eigenvalue weighted by Crippen LogP contribution is 2.44. The summed E-state index contributed by atoms with van der Waals surface area (Å²) >= 11 is 0. The molecule has 1 N–H and O–H groups in total. The molecule has 0 radical (unpaired) electrons. The summed E-state index contributed by atoms with van der Waals surface area (Å²) in [5.74, 6) is 1.27. The Kier molecular flexibility index (Phi) is 7.91. The van der Waals surface area contributed by atoms with Crippen molar-refractivity contribution in [2.75, 3.05) is 18.0 Å². The Morgan fingerprint density at radius 2 is 1.71 bits per heavy atom. The number of benzene rings is 3. The smallest absolute Gasteiger partial charge is 0.264 e. The Morgan fingerprint density at radius 3 is 2.36 bits per heavy atom. The number of sulfonamides is 1. The molecule has 8 nitrogen and oxygen atoms in total. The molecule has 0 spiro atoms. The largest absolute Gasteiger partial charge is 0.497 e. The van der Waals surface area contributed by atoms with E-state index < -0.39 is 21.7 Å². The number of carbonyl (C=O) groups is 1. The van der Waals surface area contributed by atoms with Crippen molar-refractivity contribution in [3.05, 3.63) is 77.9 Å². The van der Waals surface area contributed by atoms with Crippen molar-refractivity contribution in [3.8, 4) is 17.2 Å². The van der Waals surface area contributed by atoms with Gasteiger partial charge in [-0.25, -0.2) is 8.42 Å². The summed E-state index contributed by atoms with van der Waals surface area (Å²) in [6.45, 7) is 10.2. The summed E-state index contributed by atoms with van der Waals surface area (Å²) in [5.41, 5.74) is 1.64. The van der Waals surface area contributed by atoms with E-state index in [0.29, 0.717) is 23.6 Å². The minimum absolute atomic E-state index is 0.102. The normalized spacial score (nSPS) is 19.5. The van der Waals surface area contributed by atoms with Crippen LogP contribution in [0, 0.1) is 0 Å². The Balaban J connectivity index is 1.50. The molecule has 224 valence electrons. The van der Waals surface area contributed by atoms with Gasteiger partial charge in [0.05, 0.1) is 30.3 Å². The fourth-order valence-electron chi connectivity index (χ4n) is 5.65. The number of hydrogen-bond donors (Lipinski definition) is 1. The van der Waals surface area contributed by atoms with Crippen molar-refractivity contribution in [2.24, 2.45) is 0 Å². The van der Waals surface area contributed by atoms with Gasteiger partial charge in [-0.3, -0.25) is 9.10 Å². The Hall–Kier alpha value is -3.72. The van der Waals surface area contributed by atoms with E-state index in [4.69, 9.17) is 14.2 Å². The van der Waals surface area contributed by atoms with Crippen molar-refractivity contribution >= 4 is 21.6 Å². The maximum absolute atomic E-state index is 14.1. The summed E-state index contributed by atoms with van der Waals surface area (Å²) < 4.78 is 47.3. The highest BCUT2D eigenvalue weighted by atomic mass is 32.2. The number of anilines is 1. The van der Waals surface area contributed by atoms with Crippen molar-refractivity contribution in [1.29, 1.82) is 0 Å². The molecule has 2 atom stereocenters. The zero-order chi connectivity index (χ0) is 30.3. The first kappa shape index (κ1) is 29.8. The van der Waals surface area contributed by atoms with Crippen LogP contribution in [0.25, 0.3) is 0 Å². The Bertz CT molecular complexity index is 1560. The molecule has 0 fully saturated rings. The first-order valence-corrected chi connectivity index (χ1v) is 15.9. The standard InChI is InChI=1S/C33H40N2O6S/c1-7-33(8-2)20-26(25-11-9-10-12-28(25)41-33)34-31(36)30-21-35(42(37,38)24-16-14-23(39-6)15-17-24)27-19-22(32(3,4)5)13-18-29(27)40-30/h9-19,26,30H,7-8,20-21H2,1-6H3,(H,34,36). The van der Waals surface area contributed by atoms with Gasteiger partial charge in [0, 0.05) is 12.0 Å². The summed E-state index contributed by atoms with van der Waals surface area (Å²) in [6.07, 6.45) is 1.14. The number of amides is 1. The van der Waals surface area contributed by atoms with Crippen LogP contribution in [0.15, 0.2) is 71.6 Å². The molecule has 2 unspecified atom stereocenters. The first-order valence-electron chi connectivity index (χ1n) is 14.5. The molecule has 2 heterocycles. The van der Waals surface area contributed by atoms with Crippen molar-refractivity contribution < 1.29 is 27.4 Å². The van der Waals surface area contributed by atoms with E-state index in [-0.39, 0.29) is 28.8 Å². The van der Waals surface area contributed by atoms with Gasteiger partial charge >= 0.3 is 0 Å². The van der Waals surface area contributed by atoms with Crippen LogP contribution in [0.5, 0.6) is 17.2 Å². The quantitative estimate of drug-likeness (QED) is 0.354. The molecule has 5 rings (SSSR count). The van der Waals surface area contributed by atoms with Crippen molar-refractivity contribution in [3.63, 3.8) is 0 Å². The number of methoxy groups -OCH3 is 1. The van der Waals surface area contributed by atoms with Gasteiger partial charge in [0.25, 0.3) is 15.9 Å². The number of hydrogen-bond acceptors (Lipinski definition) is 6. The van der Waals surface area contributed by atoms with Gasteiger partial charge < -0.3 is 19.5 Å². The van der Waals surface area contributed by atoms with Crippen LogP contribution < -0.4 is 23.8 Å². The molecule has 3 aromatic carbocycles. The van der Waals surface area contributed by atoms with Gasteiger partial charge in [-0.05, 0) is 66.3 Å². The zero-order valence-corrected chi connectivity index (χ0v) is 26.0. The fraction of sp³-hybridized carbons (Fsp3) is 0.424. The predicted molar refractivity (Wildman–Crippen MR) is 163 cm³/mol. The monoisotopic (exact) mass is 592 g/mol. The highest BCUT2D eigenvalue weighted by Gasteiger charge is 2.42. The molecule has 2 aliphatic heterocycles. The molecule has 42 heavy (non-hydrogen) atoms. The number of carbonyl (C=O) groups excluding carboxylic acids is 1. The molecule has 0 bridgehead atoms. The summed E-state index contributed by atoms with van der Waals surface area (Å²) in [4.78, 5) is 14.0. The summed E-state index contributed by atoms with van der Waals surface area (Å²) in [6, 6.07) is 19.2. The SMILES string of the molecule is CCC1(CC)CC(NC(=O)C2CN(S(=O)(=O)c3ccc(OC)cc3)c3cc(C(C)(C)C)ccc3O2)c2ccccc2O1. The lowest BCUT2D eigenvalue weighted by atomic mass is 9.83. The molecular weight excluding hydrogens is 552 g/mol. The van der Waals surface area contributed by atoms with Crippen LogP contribution in [0.2, 0.25) is 0 Å². The minimum Gasteiger partial charge on any atom is -0.497 e. The highest BCUT2D eigenvalue weighted by molar-refractivity contribution is 7.92. The summed E-state index contributed by atoms with van der Waals surface area (Å²) in [7, 11) is -2.51. The van der Waals surface area contributed by atoms with E-state index in [0.717, 1.165) is 29.7 Å². The van der Waals surface area contributed by atoms with Gasteiger partial charge in [-0.15, -0.1) is 0 Å². The van der Waals surface area contributed by atoms with Crippen molar-refractivity contribution in [2.45, 2.75) is 81.9 Å². The van der Waals surface area contributed by atoms with Gasteiger partial charge in [0.15, 0.2) is 6.10 Å². The summed E-state index contributed by atoms with van der Waals surface area (Å²) in [5, 5.41) is 3.18. The lowest BCUT2D eigenvalue weighted by Crippen LogP contribution is -2.53. The average molecular weight is 593 g/mol. The van der Waals surface area contributed by atoms with E-state index in [1.165, 1.54) is 23.5 Å². The van der Waals surface area contributed by atoms with Gasteiger partial charge in [-0.2, -0.15) is 0 Å². The van der Waals surface area contributed by atoms with E-state index in [2.05, 4.69) is 39.9 Å². The molecule has 0 aromatic heterocycles. The van der Waals surface area contributed by atoms with E-state index in [1.807, 2.05) is 36.4 Å². The third-order valence-corrected chi connectivity index (χ3v) is 10.2. The third kappa shape index (κ3) is 5.54. The number of ether oxygens (including phenoxy) is 3. The maximum Gasteiger partial charge on any atom is 0.264 e. The molecule has 0 saturated heterocycles. The molecule has 3 aromatic rings. The number of rotatable bonds is 7. The average Bonchev–Trinajstić information content (AvgIpc) is 2.99. The second kappa shape index (κ2) is 11.2. The van der Waals surface area contributed by atoms with Gasteiger partial charge in [0.1, 0.15) is 22.8 Å². The van der Waals surface area contributed by atoms with Crippen LogP contribution in [0.1, 0.15) is 71.0 Å². The van der Waals surface area contributed by atoms with E-state index in [1.54, 1.807) is 18.2 Å². The molecule has 0 saturated carbocycles.